The van der Waals surface area contributed by atoms with Crippen molar-refractivity contribution in [1.29, 1.82) is 0 Å². The Hall–Kier alpha value is -1.65. The van der Waals surface area contributed by atoms with E-state index in [1.165, 1.54) is 12.1 Å². The van der Waals surface area contributed by atoms with Crippen molar-refractivity contribution in [3.63, 3.8) is 0 Å². The molecule has 21 heavy (non-hydrogen) atoms. The molecule has 0 heterocycles. The lowest BCUT2D eigenvalue weighted by Crippen LogP contribution is -2.33. The molecule has 0 radical (unpaired) electrons. The van der Waals surface area contributed by atoms with Gasteiger partial charge < -0.3 is 10.1 Å². The van der Waals surface area contributed by atoms with Crippen LogP contribution in [0.3, 0.4) is 0 Å². The maximum atomic E-state index is 14.1. The second-order valence-corrected chi connectivity index (χ2v) is 5.93. The number of methoxy groups -OCH3 is 1. The van der Waals surface area contributed by atoms with Gasteiger partial charge in [-0.25, -0.2) is 13.6 Å². The first-order valence-electron chi connectivity index (χ1n) is 7.26. The molecule has 1 aliphatic carbocycles. The fourth-order valence-electron chi connectivity index (χ4n) is 3.01. The molecule has 3 unspecified atom stereocenters. The number of hydrogen-bond acceptors (Lipinski definition) is 3. The van der Waals surface area contributed by atoms with E-state index in [-0.39, 0.29) is 17.3 Å². The molecule has 0 saturated heterocycles. The molecule has 1 fully saturated rings. The molecule has 0 amide bonds. The van der Waals surface area contributed by atoms with Gasteiger partial charge >= 0.3 is 5.97 Å². The zero-order chi connectivity index (χ0) is 15.6. The molecule has 0 spiro atoms. The van der Waals surface area contributed by atoms with Crippen molar-refractivity contribution < 1.29 is 18.3 Å². The second kappa shape index (κ2) is 6.41. The summed E-state index contributed by atoms with van der Waals surface area (Å²) in [5.41, 5.74) is -0.280. The maximum Gasteiger partial charge on any atom is 0.340 e. The Balaban J connectivity index is 2.18. The van der Waals surface area contributed by atoms with Crippen LogP contribution >= 0.6 is 0 Å². The van der Waals surface area contributed by atoms with Crippen LogP contribution in [0.5, 0.6) is 0 Å². The van der Waals surface area contributed by atoms with Crippen LogP contribution in [0.25, 0.3) is 0 Å². The molecule has 0 bridgehead atoms. The number of ether oxygens (including phenoxy) is 1. The van der Waals surface area contributed by atoms with Gasteiger partial charge in [0.05, 0.1) is 18.4 Å². The molecule has 1 aromatic carbocycles. The number of carbonyl (C=O) groups excluding carboxylic acids is 1. The summed E-state index contributed by atoms with van der Waals surface area (Å²) in [4.78, 5) is 11.3. The molecule has 2 rings (SSSR count). The Bertz CT molecular complexity index is 533. The largest absolute Gasteiger partial charge is 0.465 e. The summed E-state index contributed by atoms with van der Waals surface area (Å²) >= 11 is 0. The van der Waals surface area contributed by atoms with Crippen molar-refractivity contribution in [2.45, 2.75) is 39.2 Å². The van der Waals surface area contributed by atoms with Gasteiger partial charge in [0.25, 0.3) is 0 Å². The van der Waals surface area contributed by atoms with Gasteiger partial charge in [0, 0.05) is 6.04 Å². The first-order chi connectivity index (χ1) is 9.93. The third-order valence-corrected chi connectivity index (χ3v) is 4.26. The zero-order valence-corrected chi connectivity index (χ0v) is 12.6. The number of carbonyl (C=O) groups is 1. The molecule has 1 N–H and O–H groups in total. The smallest absolute Gasteiger partial charge is 0.340 e. The topological polar surface area (TPSA) is 38.3 Å². The molecule has 5 heteroatoms. The molecule has 3 nitrogen and oxygen atoms in total. The molecule has 116 valence electrons. The highest BCUT2D eigenvalue weighted by Gasteiger charge is 2.27. The fourth-order valence-corrected chi connectivity index (χ4v) is 3.01. The summed E-state index contributed by atoms with van der Waals surface area (Å²) in [6.07, 6.45) is 3.08. The first-order valence-corrected chi connectivity index (χ1v) is 7.26. The Kier molecular flexibility index (Phi) is 4.80. The van der Waals surface area contributed by atoms with E-state index in [0.29, 0.717) is 11.8 Å². The predicted octanol–water partition coefficient (Wildman–Crippen LogP) is 3.99. The lowest BCUT2D eigenvalue weighted by molar-refractivity contribution is 0.0594. The number of rotatable bonds is 3. The van der Waals surface area contributed by atoms with Crippen LogP contribution in [0.15, 0.2) is 12.1 Å². The van der Waals surface area contributed by atoms with Crippen molar-refractivity contribution in [3.8, 4) is 0 Å². The van der Waals surface area contributed by atoms with Gasteiger partial charge in [-0.15, -0.1) is 0 Å². The minimum atomic E-state index is -1.16. The van der Waals surface area contributed by atoms with E-state index in [9.17, 15) is 13.6 Å². The van der Waals surface area contributed by atoms with Gasteiger partial charge in [-0.3, -0.25) is 0 Å². The Labute approximate surface area is 123 Å². The van der Waals surface area contributed by atoms with Crippen molar-refractivity contribution in [1.82, 2.24) is 0 Å². The average Bonchev–Trinajstić information content (AvgIpc) is 2.46. The number of hydrogen-bond donors (Lipinski definition) is 1. The van der Waals surface area contributed by atoms with Gasteiger partial charge in [0.1, 0.15) is 0 Å². The van der Waals surface area contributed by atoms with Crippen LogP contribution in [0.4, 0.5) is 14.5 Å². The molecule has 3 atom stereocenters. The van der Waals surface area contributed by atoms with E-state index in [1.807, 2.05) is 0 Å². The summed E-state index contributed by atoms with van der Waals surface area (Å²) in [5.74, 6) is -2.00. The highest BCUT2D eigenvalue weighted by atomic mass is 19.2. The third kappa shape index (κ3) is 3.34. The standard InChI is InChI=1S/C16H21F2NO2/c1-9-4-6-12(10(2)8-9)19-13-7-5-11(16(20)21-3)14(17)15(13)18/h5,7,9-10,12,19H,4,6,8H2,1-3H3. The monoisotopic (exact) mass is 297 g/mol. The van der Waals surface area contributed by atoms with Crippen molar-refractivity contribution in [2.75, 3.05) is 12.4 Å². The van der Waals surface area contributed by atoms with Crippen molar-refractivity contribution >= 4 is 11.7 Å². The van der Waals surface area contributed by atoms with Gasteiger partial charge in [-0.1, -0.05) is 13.8 Å². The Morgan fingerprint density at radius 2 is 1.95 bits per heavy atom. The van der Waals surface area contributed by atoms with E-state index in [2.05, 4.69) is 23.9 Å². The van der Waals surface area contributed by atoms with E-state index in [0.717, 1.165) is 26.4 Å². The summed E-state index contributed by atoms with van der Waals surface area (Å²) < 4.78 is 32.4. The molecule has 1 aromatic rings. The van der Waals surface area contributed by atoms with E-state index < -0.39 is 17.6 Å². The minimum absolute atomic E-state index is 0.103. The van der Waals surface area contributed by atoms with Crippen LogP contribution in [0, 0.1) is 23.5 Å². The Morgan fingerprint density at radius 3 is 2.57 bits per heavy atom. The summed E-state index contributed by atoms with van der Waals surface area (Å²) in [6, 6.07) is 2.78. The van der Waals surface area contributed by atoms with Crippen LogP contribution in [0.1, 0.15) is 43.5 Å². The van der Waals surface area contributed by atoms with E-state index >= 15 is 0 Å². The molecule has 1 aliphatic rings. The number of anilines is 1. The Morgan fingerprint density at radius 1 is 1.24 bits per heavy atom. The van der Waals surface area contributed by atoms with Gasteiger partial charge in [-0.2, -0.15) is 0 Å². The normalized spacial score (nSPS) is 25.5. The maximum absolute atomic E-state index is 14.1. The van der Waals surface area contributed by atoms with Crippen molar-refractivity contribution in [3.05, 3.63) is 29.3 Å². The lowest BCUT2D eigenvalue weighted by atomic mass is 9.80. The van der Waals surface area contributed by atoms with E-state index in [4.69, 9.17) is 0 Å². The van der Waals surface area contributed by atoms with Crippen LogP contribution in [0.2, 0.25) is 0 Å². The second-order valence-electron chi connectivity index (χ2n) is 5.93. The number of esters is 1. The van der Waals surface area contributed by atoms with Crippen LogP contribution < -0.4 is 5.32 Å². The molecule has 0 aliphatic heterocycles. The van der Waals surface area contributed by atoms with Gasteiger partial charge in [0.15, 0.2) is 11.6 Å². The lowest BCUT2D eigenvalue weighted by Gasteiger charge is -2.34. The SMILES string of the molecule is COC(=O)c1ccc(NC2CCC(C)CC2C)c(F)c1F. The summed E-state index contributed by atoms with van der Waals surface area (Å²) in [5, 5.41) is 3.08. The van der Waals surface area contributed by atoms with Crippen LogP contribution in [-0.2, 0) is 4.74 Å². The zero-order valence-electron chi connectivity index (χ0n) is 12.6. The number of benzene rings is 1. The highest BCUT2D eigenvalue weighted by Crippen LogP contribution is 2.32. The average molecular weight is 297 g/mol. The highest BCUT2D eigenvalue weighted by molar-refractivity contribution is 5.90. The first kappa shape index (κ1) is 15.7. The molecule has 0 aromatic heterocycles. The minimum Gasteiger partial charge on any atom is -0.465 e. The summed E-state index contributed by atoms with van der Waals surface area (Å²) in [6.45, 7) is 4.32. The molecular formula is C16H21F2NO2. The van der Waals surface area contributed by atoms with Crippen molar-refractivity contribution in [2.24, 2.45) is 11.8 Å². The molecular weight excluding hydrogens is 276 g/mol. The fraction of sp³-hybridized carbons (Fsp3) is 0.562. The quantitative estimate of drug-likeness (QED) is 0.857. The summed E-state index contributed by atoms with van der Waals surface area (Å²) in [7, 11) is 1.14. The van der Waals surface area contributed by atoms with Crippen LogP contribution in [-0.4, -0.2) is 19.1 Å². The molecule has 1 saturated carbocycles. The van der Waals surface area contributed by atoms with Gasteiger partial charge in [-0.05, 0) is 43.2 Å². The number of halogens is 2. The van der Waals surface area contributed by atoms with E-state index in [1.54, 1.807) is 0 Å². The number of nitrogens with one attached hydrogen (secondary N) is 1. The predicted molar refractivity (Wildman–Crippen MR) is 77.3 cm³/mol. The third-order valence-electron chi connectivity index (χ3n) is 4.26. The van der Waals surface area contributed by atoms with Gasteiger partial charge in [0.2, 0.25) is 0 Å².